The van der Waals surface area contributed by atoms with E-state index in [1.807, 2.05) is 68.4 Å². The van der Waals surface area contributed by atoms with Gasteiger partial charge in [0.15, 0.2) is 0 Å². The summed E-state index contributed by atoms with van der Waals surface area (Å²) in [6.45, 7) is 4.56. The number of hydrogen-bond donors (Lipinski definition) is 1. The Balaban J connectivity index is 1.44. The van der Waals surface area contributed by atoms with E-state index in [4.69, 9.17) is 4.52 Å². The van der Waals surface area contributed by atoms with Crippen LogP contribution in [0.3, 0.4) is 0 Å². The maximum atomic E-state index is 12.4. The van der Waals surface area contributed by atoms with E-state index in [2.05, 4.69) is 15.5 Å². The molecule has 0 saturated carbocycles. The topological polar surface area (TPSA) is 68.0 Å². The molecule has 0 atom stereocenters. The van der Waals surface area contributed by atoms with Crippen LogP contribution in [0.4, 0.5) is 0 Å². The molecule has 6 heteroatoms. The number of nitrogens with zero attached hydrogens (tertiary/aromatic N) is 2. The predicted octanol–water partition coefficient (Wildman–Crippen LogP) is 5.01. The van der Waals surface area contributed by atoms with E-state index in [1.54, 1.807) is 6.07 Å². The van der Waals surface area contributed by atoms with Gasteiger partial charge in [0.2, 0.25) is 5.82 Å². The van der Waals surface area contributed by atoms with Gasteiger partial charge in [-0.25, -0.2) is 0 Å². The number of aryl methyl sites for hydroxylation is 2. The number of thiophene rings is 1. The van der Waals surface area contributed by atoms with Crippen LogP contribution < -0.4 is 5.32 Å². The minimum atomic E-state index is -0.112. The summed E-state index contributed by atoms with van der Waals surface area (Å²) in [5.74, 6) is 0.839. The highest BCUT2D eigenvalue weighted by Gasteiger charge is 2.15. The number of benzene rings is 2. The van der Waals surface area contributed by atoms with Crippen molar-refractivity contribution in [2.24, 2.45) is 0 Å². The van der Waals surface area contributed by atoms with Crippen molar-refractivity contribution in [3.8, 4) is 22.2 Å². The summed E-state index contributed by atoms with van der Waals surface area (Å²) in [6, 6.07) is 19.6. The highest BCUT2D eigenvalue weighted by molar-refractivity contribution is 7.17. The van der Waals surface area contributed by atoms with Crippen LogP contribution in [0, 0.1) is 13.8 Å². The largest absolute Gasteiger partial charge is 0.347 e. The number of carbonyl (C=O) groups excluding carboxylic acids is 1. The molecular weight excluding hydrogens is 370 g/mol. The lowest BCUT2D eigenvalue weighted by Crippen LogP contribution is -2.21. The van der Waals surface area contributed by atoms with Crippen molar-refractivity contribution >= 4 is 17.2 Å². The maximum absolute atomic E-state index is 12.4. The number of hydrogen-bond acceptors (Lipinski definition) is 5. The Morgan fingerprint density at radius 2 is 1.64 bits per heavy atom. The molecule has 1 amide bonds. The van der Waals surface area contributed by atoms with Gasteiger partial charge in [-0.15, -0.1) is 11.3 Å². The van der Waals surface area contributed by atoms with Crippen LogP contribution in [0.5, 0.6) is 0 Å². The molecule has 2 aromatic heterocycles. The Bertz CT molecular complexity index is 1100. The predicted molar refractivity (Wildman–Crippen MR) is 110 cm³/mol. The molecule has 0 aliphatic rings. The molecule has 2 aromatic carbocycles. The maximum Gasteiger partial charge on any atom is 0.261 e. The summed E-state index contributed by atoms with van der Waals surface area (Å²) in [5, 5.41) is 7.00. The zero-order valence-corrected chi connectivity index (χ0v) is 16.4. The van der Waals surface area contributed by atoms with Crippen LogP contribution in [-0.4, -0.2) is 16.0 Å². The van der Waals surface area contributed by atoms with Crippen molar-refractivity contribution in [3.05, 3.63) is 82.2 Å². The molecule has 0 fully saturated rings. The zero-order chi connectivity index (χ0) is 19.5. The molecule has 0 saturated heterocycles. The van der Waals surface area contributed by atoms with Crippen LogP contribution >= 0.6 is 11.3 Å². The summed E-state index contributed by atoms with van der Waals surface area (Å²) in [7, 11) is 0. The lowest BCUT2D eigenvalue weighted by Gasteiger charge is -2.04. The highest BCUT2D eigenvalue weighted by atomic mass is 32.1. The normalized spacial score (nSPS) is 10.8. The Morgan fingerprint density at radius 1 is 0.964 bits per heavy atom. The molecule has 5 nitrogen and oxygen atoms in total. The molecule has 2 heterocycles. The van der Waals surface area contributed by atoms with Crippen LogP contribution in [0.15, 0.2) is 65.2 Å². The fraction of sp³-hybridized carbons (Fsp3) is 0.136. The third kappa shape index (κ3) is 4.02. The van der Waals surface area contributed by atoms with Crippen molar-refractivity contribution in [1.82, 2.24) is 15.5 Å². The molecule has 0 radical (unpaired) electrons. The van der Waals surface area contributed by atoms with Gasteiger partial charge in [0.25, 0.3) is 11.8 Å². The van der Waals surface area contributed by atoms with Crippen LogP contribution in [0.1, 0.15) is 26.4 Å². The first kappa shape index (κ1) is 18.1. The quantitative estimate of drug-likeness (QED) is 0.521. The average Bonchev–Trinajstić information content (AvgIpc) is 3.37. The summed E-state index contributed by atoms with van der Waals surface area (Å²) in [4.78, 5) is 18.3. The first-order chi connectivity index (χ1) is 13.6. The molecule has 0 aliphatic carbocycles. The number of rotatable bonds is 5. The third-order valence-corrected chi connectivity index (χ3v) is 5.43. The monoisotopic (exact) mass is 389 g/mol. The van der Waals surface area contributed by atoms with Gasteiger partial charge in [-0.05, 0) is 43.7 Å². The second-order valence-corrected chi connectivity index (χ2v) is 7.71. The number of carbonyl (C=O) groups is 1. The summed E-state index contributed by atoms with van der Waals surface area (Å²) in [5.41, 5.74) is 4.31. The van der Waals surface area contributed by atoms with E-state index in [9.17, 15) is 4.79 Å². The highest BCUT2D eigenvalue weighted by Crippen LogP contribution is 2.28. The van der Waals surface area contributed by atoms with E-state index in [0.717, 1.165) is 16.0 Å². The van der Waals surface area contributed by atoms with E-state index in [-0.39, 0.29) is 5.91 Å². The van der Waals surface area contributed by atoms with Gasteiger partial charge in [0.1, 0.15) is 0 Å². The zero-order valence-electron chi connectivity index (χ0n) is 15.6. The lowest BCUT2D eigenvalue weighted by atomic mass is 10.1. The van der Waals surface area contributed by atoms with Gasteiger partial charge < -0.3 is 9.84 Å². The summed E-state index contributed by atoms with van der Waals surface area (Å²) >= 11 is 1.35. The van der Waals surface area contributed by atoms with Crippen molar-refractivity contribution < 1.29 is 9.32 Å². The van der Waals surface area contributed by atoms with Gasteiger partial charge in [-0.3, -0.25) is 4.79 Å². The summed E-state index contributed by atoms with van der Waals surface area (Å²) < 4.78 is 5.37. The molecule has 140 valence electrons. The number of amides is 1. The third-order valence-electron chi connectivity index (χ3n) is 4.35. The molecule has 4 rings (SSSR count). The van der Waals surface area contributed by atoms with Crippen molar-refractivity contribution in [2.75, 3.05) is 0 Å². The molecule has 28 heavy (non-hydrogen) atoms. The molecule has 0 aliphatic heterocycles. The second kappa shape index (κ2) is 7.78. The Labute approximate surface area is 167 Å². The van der Waals surface area contributed by atoms with Gasteiger partial charge in [0, 0.05) is 12.1 Å². The average molecular weight is 389 g/mol. The standard InChI is InChI=1S/C22H19N3O2S/c1-14-3-7-16(8-4-14)13-23-21(26)19-12-11-18(28-19)20-24-22(27-25-20)17-9-5-15(2)6-10-17/h3-12H,13H2,1-2H3,(H,23,26). The van der Waals surface area contributed by atoms with Gasteiger partial charge >= 0.3 is 0 Å². The molecule has 0 bridgehead atoms. The second-order valence-electron chi connectivity index (χ2n) is 6.62. The Morgan fingerprint density at radius 3 is 2.36 bits per heavy atom. The van der Waals surface area contributed by atoms with E-state index in [0.29, 0.717) is 23.1 Å². The summed E-state index contributed by atoms with van der Waals surface area (Å²) in [6.07, 6.45) is 0. The van der Waals surface area contributed by atoms with Crippen molar-refractivity contribution in [2.45, 2.75) is 20.4 Å². The van der Waals surface area contributed by atoms with Gasteiger partial charge in [-0.2, -0.15) is 4.98 Å². The fourth-order valence-corrected chi connectivity index (χ4v) is 3.54. The van der Waals surface area contributed by atoms with Gasteiger partial charge in [0.05, 0.1) is 9.75 Å². The Kier molecular flexibility index (Phi) is 5.04. The van der Waals surface area contributed by atoms with Crippen LogP contribution in [0.25, 0.3) is 22.2 Å². The smallest absolute Gasteiger partial charge is 0.261 e. The first-order valence-corrected chi connectivity index (χ1v) is 9.75. The Hall–Kier alpha value is -3.25. The van der Waals surface area contributed by atoms with E-state index < -0.39 is 0 Å². The molecule has 0 unspecified atom stereocenters. The fourth-order valence-electron chi connectivity index (χ4n) is 2.69. The van der Waals surface area contributed by atoms with E-state index >= 15 is 0 Å². The van der Waals surface area contributed by atoms with Crippen molar-refractivity contribution in [3.63, 3.8) is 0 Å². The minimum Gasteiger partial charge on any atom is -0.347 e. The molecular formula is C22H19N3O2S. The molecule has 1 N–H and O–H groups in total. The number of aromatic nitrogens is 2. The van der Waals surface area contributed by atoms with E-state index in [1.165, 1.54) is 22.5 Å². The molecule has 4 aromatic rings. The van der Waals surface area contributed by atoms with Crippen LogP contribution in [0.2, 0.25) is 0 Å². The minimum absolute atomic E-state index is 0.112. The molecule has 0 spiro atoms. The van der Waals surface area contributed by atoms with Crippen molar-refractivity contribution in [1.29, 1.82) is 0 Å². The number of nitrogens with one attached hydrogen (secondary N) is 1. The van der Waals surface area contributed by atoms with Crippen LogP contribution in [-0.2, 0) is 6.54 Å². The van der Waals surface area contributed by atoms with Gasteiger partial charge in [-0.1, -0.05) is 52.7 Å². The SMILES string of the molecule is Cc1ccc(CNC(=O)c2ccc(-c3noc(-c4ccc(C)cc4)n3)s2)cc1. The lowest BCUT2D eigenvalue weighted by molar-refractivity contribution is 0.0955. The first-order valence-electron chi connectivity index (χ1n) is 8.93.